The first-order valence-corrected chi connectivity index (χ1v) is 6.01. The monoisotopic (exact) mass is 220 g/mol. The summed E-state index contributed by atoms with van der Waals surface area (Å²) in [6, 6.07) is 8.60. The van der Waals surface area contributed by atoms with E-state index < -0.39 is 0 Å². The van der Waals surface area contributed by atoms with Crippen molar-refractivity contribution < 1.29 is 4.74 Å². The molecule has 0 bridgehead atoms. The summed E-state index contributed by atoms with van der Waals surface area (Å²) in [5.74, 6) is 0. The number of nitrogens with zero attached hydrogens (tertiary/aromatic N) is 1. The maximum Gasteiger partial charge on any atom is 0.0669 e. The van der Waals surface area contributed by atoms with Crippen LogP contribution >= 0.6 is 0 Å². The van der Waals surface area contributed by atoms with Crippen LogP contribution in [0, 0.1) is 0 Å². The average molecular weight is 220 g/mol. The molecular weight excluding hydrogens is 200 g/mol. The fourth-order valence-electron chi connectivity index (χ4n) is 2.32. The van der Waals surface area contributed by atoms with Crippen LogP contribution in [0.1, 0.15) is 19.8 Å². The number of ether oxygens (including phenoxy) is 1. The van der Waals surface area contributed by atoms with E-state index in [0.29, 0.717) is 6.04 Å². The summed E-state index contributed by atoms with van der Waals surface area (Å²) in [4.78, 5) is 2.38. The highest BCUT2D eigenvalue weighted by Gasteiger charge is 2.20. The minimum atomic E-state index is 0.501. The fraction of sp³-hybridized carbons (Fsp3) is 0.538. The van der Waals surface area contributed by atoms with Crippen molar-refractivity contribution in [3.63, 3.8) is 0 Å². The molecule has 0 saturated carbocycles. The Morgan fingerprint density at radius 3 is 3.00 bits per heavy atom. The third kappa shape index (κ3) is 2.47. The second-order valence-corrected chi connectivity index (χ2v) is 4.25. The number of benzene rings is 1. The van der Waals surface area contributed by atoms with Gasteiger partial charge in [-0.1, -0.05) is 6.07 Å². The zero-order valence-corrected chi connectivity index (χ0v) is 9.86. The minimum Gasteiger partial charge on any atom is -0.399 e. The van der Waals surface area contributed by atoms with Gasteiger partial charge in [-0.25, -0.2) is 0 Å². The van der Waals surface area contributed by atoms with Gasteiger partial charge in [0, 0.05) is 24.5 Å². The number of rotatable bonds is 3. The molecule has 0 aromatic heterocycles. The van der Waals surface area contributed by atoms with Crippen LogP contribution in [-0.2, 0) is 4.74 Å². The third-order valence-electron chi connectivity index (χ3n) is 3.12. The first-order chi connectivity index (χ1) is 7.81. The molecule has 1 aromatic carbocycles. The molecule has 0 radical (unpaired) electrons. The highest BCUT2D eigenvalue weighted by atomic mass is 16.5. The van der Waals surface area contributed by atoms with E-state index >= 15 is 0 Å². The van der Waals surface area contributed by atoms with Crippen LogP contribution in [0.15, 0.2) is 24.3 Å². The van der Waals surface area contributed by atoms with Gasteiger partial charge in [-0.3, -0.25) is 0 Å². The molecule has 0 amide bonds. The Bertz CT molecular complexity index is 334. The molecule has 0 spiro atoms. The average Bonchev–Trinajstić information content (AvgIpc) is 2.31. The van der Waals surface area contributed by atoms with E-state index in [1.165, 1.54) is 12.1 Å². The van der Waals surface area contributed by atoms with Crippen LogP contribution in [0.25, 0.3) is 0 Å². The lowest BCUT2D eigenvalue weighted by molar-refractivity contribution is 0.0795. The Hall–Kier alpha value is -1.22. The summed E-state index contributed by atoms with van der Waals surface area (Å²) in [6.45, 7) is 4.92. The standard InChI is InChI=1S/C13H20N2O/c1-2-15(13-7-4-8-16-10-13)12-6-3-5-11(14)9-12/h3,5-6,9,13H,2,4,7-8,10,14H2,1H3. The topological polar surface area (TPSA) is 38.5 Å². The van der Waals surface area contributed by atoms with Crippen molar-refractivity contribution in [1.29, 1.82) is 0 Å². The number of nitrogens with two attached hydrogens (primary N) is 1. The molecule has 2 rings (SSSR count). The van der Waals surface area contributed by atoms with E-state index in [-0.39, 0.29) is 0 Å². The highest BCUT2D eigenvalue weighted by molar-refractivity contribution is 5.56. The van der Waals surface area contributed by atoms with Crippen LogP contribution < -0.4 is 10.6 Å². The van der Waals surface area contributed by atoms with Crippen LogP contribution in [0.3, 0.4) is 0 Å². The number of likely N-dealkylation sites (N-methyl/N-ethyl adjacent to an activating group) is 1. The zero-order chi connectivity index (χ0) is 11.4. The lowest BCUT2D eigenvalue weighted by Gasteiger charge is -2.35. The predicted molar refractivity (Wildman–Crippen MR) is 67.7 cm³/mol. The molecule has 16 heavy (non-hydrogen) atoms. The molecule has 0 aliphatic carbocycles. The van der Waals surface area contributed by atoms with Gasteiger partial charge in [-0.2, -0.15) is 0 Å². The highest BCUT2D eigenvalue weighted by Crippen LogP contribution is 2.23. The van der Waals surface area contributed by atoms with Crippen LogP contribution in [-0.4, -0.2) is 25.8 Å². The van der Waals surface area contributed by atoms with Gasteiger partial charge >= 0.3 is 0 Å². The Balaban J connectivity index is 2.14. The molecule has 1 fully saturated rings. The Morgan fingerprint density at radius 2 is 2.38 bits per heavy atom. The smallest absolute Gasteiger partial charge is 0.0669 e. The predicted octanol–water partition coefficient (Wildman–Crippen LogP) is 2.27. The lowest BCUT2D eigenvalue weighted by atomic mass is 10.1. The maximum absolute atomic E-state index is 5.82. The van der Waals surface area contributed by atoms with Crippen molar-refractivity contribution in [2.45, 2.75) is 25.8 Å². The minimum absolute atomic E-state index is 0.501. The summed E-state index contributed by atoms with van der Waals surface area (Å²) in [5, 5.41) is 0. The van der Waals surface area contributed by atoms with Gasteiger partial charge in [0.1, 0.15) is 0 Å². The molecule has 1 aliphatic rings. The van der Waals surface area contributed by atoms with E-state index in [2.05, 4.69) is 17.9 Å². The Labute approximate surface area is 97.2 Å². The molecule has 1 unspecified atom stereocenters. The van der Waals surface area contributed by atoms with Gasteiger partial charge < -0.3 is 15.4 Å². The van der Waals surface area contributed by atoms with Crippen molar-refractivity contribution >= 4 is 11.4 Å². The third-order valence-corrected chi connectivity index (χ3v) is 3.12. The molecular formula is C13H20N2O. The molecule has 1 atom stereocenters. The van der Waals surface area contributed by atoms with Crippen LogP contribution in [0.5, 0.6) is 0 Å². The first-order valence-electron chi connectivity index (χ1n) is 6.01. The number of anilines is 2. The second-order valence-electron chi connectivity index (χ2n) is 4.25. The van der Waals surface area contributed by atoms with Gasteiger partial charge in [-0.15, -0.1) is 0 Å². The maximum atomic E-state index is 5.82. The SMILES string of the molecule is CCN(c1cccc(N)c1)C1CCCOC1. The van der Waals surface area contributed by atoms with Crippen molar-refractivity contribution in [3.8, 4) is 0 Å². The second kappa shape index (κ2) is 5.21. The van der Waals surface area contributed by atoms with Crippen molar-refractivity contribution in [3.05, 3.63) is 24.3 Å². The molecule has 88 valence electrons. The van der Waals surface area contributed by atoms with E-state index in [4.69, 9.17) is 10.5 Å². The summed E-state index contributed by atoms with van der Waals surface area (Å²) in [5.41, 5.74) is 7.86. The van der Waals surface area contributed by atoms with E-state index in [9.17, 15) is 0 Å². The molecule has 1 aromatic rings. The fourth-order valence-corrected chi connectivity index (χ4v) is 2.32. The molecule has 1 saturated heterocycles. The van der Waals surface area contributed by atoms with Gasteiger partial charge in [-0.05, 0) is 38.0 Å². The quantitative estimate of drug-likeness (QED) is 0.794. The van der Waals surface area contributed by atoms with E-state index in [1.54, 1.807) is 0 Å². The summed E-state index contributed by atoms with van der Waals surface area (Å²) >= 11 is 0. The first kappa shape index (κ1) is 11.3. The molecule has 3 nitrogen and oxygen atoms in total. The van der Waals surface area contributed by atoms with Crippen LogP contribution in [0.4, 0.5) is 11.4 Å². The van der Waals surface area contributed by atoms with Crippen LogP contribution in [0.2, 0.25) is 0 Å². The largest absolute Gasteiger partial charge is 0.399 e. The van der Waals surface area contributed by atoms with Gasteiger partial charge in [0.25, 0.3) is 0 Å². The number of hydrogen-bond donors (Lipinski definition) is 1. The van der Waals surface area contributed by atoms with Gasteiger partial charge in [0.2, 0.25) is 0 Å². The lowest BCUT2D eigenvalue weighted by Crippen LogP contribution is -2.41. The summed E-state index contributed by atoms with van der Waals surface area (Å²) < 4.78 is 5.54. The zero-order valence-electron chi connectivity index (χ0n) is 9.86. The normalized spacial score (nSPS) is 20.7. The number of nitrogen functional groups attached to an aromatic ring is 1. The Morgan fingerprint density at radius 1 is 1.50 bits per heavy atom. The van der Waals surface area contributed by atoms with E-state index in [0.717, 1.165) is 31.9 Å². The summed E-state index contributed by atoms with van der Waals surface area (Å²) in [7, 11) is 0. The molecule has 3 heteroatoms. The number of hydrogen-bond acceptors (Lipinski definition) is 3. The van der Waals surface area contributed by atoms with Gasteiger partial charge in [0.15, 0.2) is 0 Å². The molecule has 2 N–H and O–H groups in total. The molecule has 1 aliphatic heterocycles. The van der Waals surface area contributed by atoms with E-state index in [1.807, 2.05) is 18.2 Å². The summed E-state index contributed by atoms with van der Waals surface area (Å²) in [6.07, 6.45) is 2.37. The Kier molecular flexibility index (Phi) is 3.67. The van der Waals surface area contributed by atoms with Crippen molar-refractivity contribution in [2.24, 2.45) is 0 Å². The van der Waals surface area contributed by atoms with Crippen molar-refractivity contribution in [2.75, 3.05) is 30.4 Å². The van der Waals surface area contributed by atoms with Crippen molar-refractivity contribution in [1.82, 2.24) is 0 Å². The van der Waals surface area contributed by atoms with Gasteiger partial charge in [0.05, 0.1) is 12.6 Å². The molecule has 1 heterocycles.